The van der Waals surface area contributed by atoms with Crippen LogP contribution in [0.1, 0.15) is 27.7 Å². The third-order valence-corrected chi connectivity index (χ3v) is 7.03. The number of nitrogens with zero attached hydrogens (tertiary/aromatic N) is 1. The molecule has 0 bridgehead atoms. The van der Waals surface area contributed by atoms with Crippen molar-refractivity contribution in [3.05, 3.63) is 24.3 Å². The Hall–Kier alpha value is -0.925. The van der Waals surface area contributed by atoms with Crippen molar-refractivity contribution < 1.29 is 22.8 Å². The van der Waals surface area contributed by atoms with Gasteiger partial charge in [-0.05, 0) is 45.3 Å². The highest BCUT2D eigenvalue weighted by atomic mass is 32.2. The van der Waals surface area contributed by atoms with E-state index in [-0.39, 0.29) is 17.4 Å². The van der Waals surface area contributed by atoms with E-state index in [4.69, 9.17) is 14.4 Å². The molecule has 0 aromatic heterocycles. The molecular formula is C16H24BNO5S. The van der Waals surface area contributed by atoms with Gasteiger partial charge in [0.15, 0.2) is 0 Å². The minimum atomic E-state index is -3.54. The maximum Gasteiger partial charge on any atom is 0.494 e. The van der Waals surface area contributed by atoms with E-state index in [1.807, 2.05) is 33.8 Å². The quantitative estimate of drug-likeness (QED) is 0.803. The van der Waals surface area contributed by atoms with Crippen LogP contribution in [0, 0.1) is 5.92 Å². The molecule has 1 aromatic carbocycles. The van der Waals surface area contributed by atoms with E-state index >= 15 is 0 Å². The third kappa shape index (κ3) is 2.90. The first-order valence-corrected chi connectivity index (χ1v) is 9.57. The molecule has 0 amide bonds. The highest BCUT2D eigenvalue weighted by Gasteiger charge is 2.51. The van der Waals surface area contributed by atoms with Crippen molar-refractivity contribution in [3.8, 4) is 0 Å². The largest absolute Gasteiger partial charge is 0.494 e. The lowest BCUT2D eigenvalue weighted by atomic mass is 9.79. The average molecular weight is 353 g/mol. The molecule has 8 heteroatoms. The van der Waals surface area contributed by atoms with Gasteiger partial charge in [-0.1, -0.05) is 12.1 Å². The molecule has 0 unspecified atom stereocenters. The minimum Gasteiger partial charge on any atom is -0.399 e. The van der Waals surface area contributed by atoms with Crippen LogP contribution >= 0.6 is 0 Å². The molecule has 3 rings (SSSR count). The van der Waals surface area contributed by atoms with E-state index < -0.39 is 28.3 Å². The van der Waals surface area contributed by atoms with Gasteiger partial charge in [-0.25, -0.2) is 8.42 Å². The average Bonchev–Trinajstić information content (AvgIpc) is 2.66. The van der Waals surface area contributed by atoms with Gasteiger partial charge in [-0.15, -0.1) is 0 Å². The Morgan fingerprint density at radius 1 is 1.21 bits per heavy atom. The fourth-order valence-corrected chi connectivity index (χ4v) is 4.43. The van der Waals surface area contributed by atoms with Crippen molar-refractivity contribution in [2.45, 2.75) is 43.8 Å². The van der Waals surface area contributed by atoms with Gasteiger partial charge in [-0.3, -0.25) is 0 Å². The van der Waals surface area contributed by atoms with Crippen molar-refractivity contribution in [2.24, 2.45) is 5.92 Å². The second-order valence-electron chi connectivity index (χ2n) is 7.53. The summed E-state index contributed by atoms with van der Waals surface area (Å²) in [5.74, 6) is 0.0334. The zero-order chi connectivity index (χ0) is 17.8. The first kappa shape index (κ1) is 17.9. The molecule has 0 atom stereocenters. The Morgan fingerprint density at radius 3 is 2.33 bits per heavy atom. The van der Waals surface area contributed by atoms with Gasteiger partial charge in [0, 0.05) is 25.6 Å². The monoisotopic (exact) mass is 353 g/mol. The summed E-state index contributed by atoms with van der Waals surface area (Å²) in [5.41, 5.74) is -0.259. The molecule has 2 aliphatic heterocycles. The number of hydrogen-bond acceptors (Lipinski definition) is 5. The van der Waals surface area contributed by atoms with Crippen LogP contribution < -0.4 is 5.46 Å². The second kappa shape index (κ2) is 5.81. The van der Waals surface area contributed by atoms with Crippen LogP contribution in [0.25, 0.3) is 0 Å². The van der Waals surface area contributed by atoms with Crippen LogP contribution in [0.4, 0.5) is 0 Å². The van der Waals surface area contributed by atoms with Gasteiger partial charge in [0.05, 0.1) is 16.1 Å². The number of rotatable bonds is 4. The van der Waals surface area contributed by atoms with Crippen LogP contribution in [-0.4, -0.2) is 55.8 Å². The van der Waals surface area contributed by atoms with Crippen LogP contribution in [0.2, 0.25) is 0 Å². The molecule has 2 fully saturated rings. The summed E-state index contributed by atoms with van der Waals surface area (Å²) >= 11 is 0. The second-order valence-corrected chi connectivity index (χ2v) is 9.47. The Kier molecular flexibility index (Phi) is 4.33. The fraction of sp³-hybridized carbons (Fsp3) is 0.625. The molecule has 132 valence electrons. The molecule has 0 spiro atoms. The van der Waals surface area contributed by atoms with Gasteiger partial charge in [0.25, 0.3) is 0 Å². The van der Waals surface area contributed by atoms with Crippen LogP contribution in [0.3, 0.4) is 0 Å². The van der Waals surface area contributed by atoms with E-state index in [2.05, 4.69) is 0 Å². The van der Waals surface area contributed by atoms with E-state index in [1.165, 1.54) is 4.31 Å². The van der Waals surface area contributed by atoms with Crippen LogP contribution in [-0.2, 0) is 19.3 Å². The van der Waals surface area contributed by atoms with Crippen molar-refractivity contribution >= 4 is 22.6 Å². The molecule has 0 aliphatic carbocycles. The molecule has 2 aliphatic rings. The lowest BCUT2D eigenvalue weighted by Gasteiger charge is -2.36. The highest BCUT2D eigenvalue weighted by Crippen LogP contribution is 2.36. The standard InChI is InChI=1S/C16H24BNO5S/c1-15(2)16(3,4)23-17(22-15)13-6-5-7-14(8-13)24(20,21)18-9-12(10-18)11-19/h5-8,12,19H,9-11H2,1-4H3. The zero-order valence-corrected chi connectivity index (χ0v) is 15.3. The Labute approximate surface area is 144 Å². The lowest BCUT2D eigenvalue weighted by Crippen LogP contribution is -2.51. The molecule has 2 saturated heterocycles. The maximum absolute atomic E-state index is 12.7. The van der Waals surface area contributed by atoms with E-state index in [0.717, 1.165) is 0 Å². The Balaban J connectivity index is 1.83. The molecule has 1 N–H and O–H groups in total. The first-order chi connectivity index (χ1) is 11.1. The van der Waals surface area contributed by atoms with Crippen LogP contribution in [0.5, 0.6) is 0 Å². The van der Waals surface area contributed by atoms with E-state index in [0.29, 0.717) is 18.6 Å². The van der Waals surface area contributed by atoms with Crippen molar-refractivity contribution in [2.75, 3.05) is 19.7 Å². The zero-order valence-electron chi connectivity index (χ0n) is 14.5. The smallest absolute Gasteiger partial charge is 0.399 e. The molecule has 1 aromatic rings. The number of hydrogen-bond donors (Lipinski definition) is 1. The van der Waals surface area contributed by atoms with Crippen molar-refractivity contribution in [1.82, 2.24) is 4.31 Å². The van der Waals surface area contributed by atoms with Gasteiger partial charge < -0.3 is 14.4 Å². The van der Waals surface area contributed by atoms with Crippen molar-refractivity contribution in [1.29, 1.82) is 0 Å². The predicted octanol–water partition coefficient (Wildman–Crippen LogP) is 0.599. The molecule has 24 heavy (non-hydrogen) atoms. The summed E-state index contributed by atoms with van der Waals surface area (Å²) in [6.45, 7) is 8.58. The van der Waals surface area contributed by atoms with Crippen LogP contribution in [0.15, 0.2) is 29.2 Å². The summed E-state index contributed by atoms with van der Waals surface area (Å²) in [4.78, 5) is 0.228. The highest BCUT2D eigenvalue weighted by molar-refractivity contribution is 7.89. The predicted molar refractivity (Wildman–Crippen MR) is 91.5 cm³/mol. The molecular weight excluding hydrogens is 329 g/mol. The normalized spacial score (nSPS) is 24.1. The topological polar surface area (TPSA) is 76.1 Å². The summed E-state index contributed by atoms with van der Waals surface area (Å²) < 4.78 is 38.7. The molecule has 2 heterocycles. The SMILES string of the molecule is CC1(C)OB(c2cccc(S(=O)(=O)N3CC(CO)C3)c2)OC1(C)C. The Bertz CT molecular complexity index is 712. The van der Waals surface area contributed by atoms with E-state index in [1.54, 1.807) is 18.2 Å². The summed E-state index contributed by atoms with van der Waals surface area (Å²) in [5, 5.41) is 9.07. The molecule has 6 nitrogen and oxygen atoms in total. The number of aliphatic hydroxyl groups excluding tert-OH is 1. The number of benzene rings is 1. The number of aliphatic hydroxyl groups is 1. The van der Waals surface area contributed by atoms with Gasteiger partial charge >= 0.3 is 7.12 Å². The molecule has 0 radical (unpaired) electrons. The first-order valence-electron chi connectivity index (χ1n) is 8.13. The third-order valence-electron chi connectivity index (χ3n) is 5.20. The molecule has 0 saturated carbocycles. The fourth-order valence-electron chi connectivity index (χ4n) is 2.78. The minimum absolute atomic E-state index is 0.0139. The van der Waals surface area contributed by atoms with Gasteiger partial charge in [0.1, 0.15) is 0 Å². The number of sulfonamides is 1. The summed E-state index contributed by atoms with van der Waals surface area (Å²) in [7, 11) is -4.13. The van der Waals surface area contributed by atoms with Gasteiger partial charge in [0.2, 0.25) is 10.0 Å². The maximum atomic E-state index is 12.7. The lowest BCUT2D eigenvalue weighted by molar-refractivity contribution is 0.00578. The van der Waals surface area contributed by atoms with Gasteiger partial charge in [-0.2, -0.15) is 4.31 Å². The van der Waals surface area contributed by atoms with E-state index in [9.17, 15) is 8.42 Å². The van der Waals surface area contributed by atoms with Crippen molar-refractivity contribution in [3.63, 3.8) is 0 Å². The Morgan fingerprint density at radius 2 is 1.79 bits per heavy atom. The summed E-state index contributed by atoms with van der Waals surface area (Å²) in [6, 6.07) is 6.71. The summed E-state index contributed by atoms with van der Waals surface area (Å²) in [6.07, 6.45) is 0.